The number of aryl methyl sites for hydroxylation is 1. The number of pyridine rings is 1. The Bertz CT molecular complexity index is 697. The summed E-state index contributed by atoms with van der Waals surface area (Å²) in [7, 11) is -2.85. The number of carbonyl (C=O) groups is 1. The minimum Gasteiger partial charge on any atom is -0.350 e. The van der Waals surface area contributed by atoms with Crippen LogP contribution in [0.25, 0.3) is 0 Å². The Labute approximate surface area is 143 Å². The van der Waals surface area contributed by atoms with Crippen LogP contribution in [0.1, 0.15) is 30.5 Å². The van der Waals surface area contributed by atoms with Crippen LogP contribution in [0.15, 0.2) is 18.3 Å². The predicted octanol–water partition coefficient (Wildman–Crippen LogP) is 0.905. The Balaban J connectivity index is 1.45. The molecule has 1 atom stereocenters. The maximum Gasteiger partial charge on any atom is 0.223 e. The second-order valence-corrected chi connectivity index (χ2v) is 9.14. The van der Waals surface area contributed by atoms with Crippen molar-refractivity contribution < 1.29 is 13.2 Å². The third kappa shape index (κ3) is 4.33. The van der Waals surface area contributed by atoms with Crippen molar-refractivity contribution in [1.29, 1.82) is 0 Å². The zero-order valence-corrected chi connectivity index (χ0v) is 14.9. The lowest BCUT2D eigenvalue weighted by molar-refractivity contribution is -0.126. The highest BCUT2D eigenvalue weighted by Gasteiger charge is 2.35. The Morgan fingerprint density at radius 2 is 2.08 bits per heavy atom. The number of nitrogens with zero attached hydrogens (tertiary/aromatic N) is 2. The van der Waals surface area contributed by atoms with Crippen molar-refractivity contribution in [1.82, 2.24) is 15.2 Å². The van der Waals surface area contributed by atoms with Crippen molar-refractivity contribution in [3.8, 4) is 0 Å². The van der Waals surface area contributed by atoms with E-state index in [9.17, 15) is 13.2 Å². The molecular formula is C17H25N3O3S. The highest BCUT2D eigenvalue weighted by Crippen LogP contribution is 2.24. The largest absolute Gasteiger partial charge is 0.350 e. The molecule has 2 aliphatic heterocycles. The Kier molecular flexibility index (Phi) is 5.20. The first-order valence-corrected chi connectivity index (χ1v) is 10.4. The molecule has 7 heteroatoms. The molecule has 132 valence electrons. The van der Waals surface area contributed by atoms with E-state index in [2.05, 4.69) is 15.2 Å². The van der Waals surface area contributed by atoms with Crippen LogP contribution in [-0.2, 0) is 21.2 Å². The van der Waals surface area contributed by atoms with Gasteiger partial charge in [0.2, 0.25) is 5.91 Å². The molecule has 1 aromatic heterocycles. The second-order valence-electron chi connectivity index (χ2n) is 6.91. The van der Waals surface area contributed by atoms with Gasteiger partial charge in [0, 0.05) is 18.2 Å². The van der Waals surface area contributed by atoms with Crippen LogP contribution < -0.4 is 5.32 Å². The topological polar surface area (TPSA) is 79.4 Å². The lowest BCUT2D eigenvalue weighted by Crippen LogP contribution is -2.45. The van der Waals surface area contributed by atoms with E-state index in [-0.39, 0.29) is 23.6 Å². The molecule has 2 fully saturated rings. The first-order chi connectivity index (χ1) is 11.4. The van der Waals surface area contributed by atoms with Crippen molar-refractivity contribution in [3.05, 3.63) is 29.6 Å². The average molecular weight is 351 g/mol. The van der Waals surface area contributed by atoms with Gasteiger partial charge in [-0.2, -0.15) is 0 Å². The van der Waals surface area contributed by atoms with E-state index in [0.29, 0.717) is 12.3 Å². The summed E-state index contributed by atoms with van der Waals surface area (Å²) in [4.78, 5) is 18.8. The van der Waals surface area contributed by atoms with Crippen LogP contribution in [0.3, 0.4) is 0 Å². The monoisotopic (exact) mass is 351 g/mol. The fourth-order valence-corrected chi connectivity index (χ4v) is 5.37. The van der Waals surface area contributed by atoms with Crippen LogP contribution in [-0.4, -0.2) is 54.8 Å². The van der Waals surface area contributed by atoms with Crippen LogP contribution in [0, 0.1) is 12.8 Å². The molecule has 1 amide bonds. The zero-order chi connectivity index (χ0) is 17.2. The van der Waals surface area contributed by atoms with Gasteiger partial charge in [-0.3, -0.25) is 14.7 Å². The number of hydrogen-bond donors (Lipinski definition) is 1. The Morgan fingerprint density at radius 3 is 2.71 bits per heavy atom. The fraction of sp³-hybridized carbons (Fsp3) is 0.647. The lowest BCUT2D eigenvalue weighted by Gasteiger charge is -2.34. The molecule has 3 rings (SSSR count). The first kappa shape index (κ1) is 17.4. The lowest BCUT2D eigenvalue weighted by atomic mass is 9.94. The predicted molar refractivity (Wildman–Crippen MR) is 92.2 cm³/mol. The summed E-state index contributed by atoms with van der Waals surface area (Å²) in [6, 6.07) is 4.06. The van der Waals surface area contributed by atoms with Gasteiger partial charge in [-0.1, -0.05) is 0 Å². The van der Waals surface area contributed by atoms with Crippen molar-refractivity contribution in [2.24, 2.45) is 5.92 Å². The number of likely N-dealkylation sites (tertiary alicyclic amines) is 1. The normalized spacial score (nSPS) is 24.8. The molecule has 24 heavy (non-hydrogen) atoms. The van der Waals surface area contributed by atoms with Gasteiger partial charge in [0.15, 0.2) is 9.84 Å². The number of amides is 1. The summed E-state index contributed by atoms with van der Waals surface area (Å²) in [5, 5.41) is 2.98. The minimum atomic E-state index is -2.85. The zero-order valence-electron chi connectivity index (χ0n) is 14.1. The highest BCUT2D eigenvalue weighted by molar-refractivity contribution is 7.91. The number of carbonyl (C=O) groups excluding carboxylic acids is 1. The van der Waals surface area contributed by atoms with Gasteiger partial charge in [-0.05, 0) is 57.0 Å². The number of sulfone groups is 1. The maximum atomic E-state index is 12.3. The molecule has 1 aromatic rings. The molecule has 2 aliphatic rings. The first-order valence-electron chi connectivity index (χ1n) is 8.57. The molecule has 1 N–H and O–H groups in total. The van der Waals surface area contributed by atoms with E-state index < -0.39 is 9.84 Å². The minimum absolute atomic E-state index is 0.0177. The van der Waals surface area contributed by atoms with Crippen LogP contribution in [0.5, 0.6) is 0 Å². The highest BCUT2D eigenvalue weighted by atomic mass is 32.2. The summed E-state index contributed by atoms with van der Waals surface area (Å²) in [5.41, 5.74) is 2.01. The standard InChI is InChI=1S/C17H25N3O3S/c1-13-2-6-18-15(10-13)11-19-17(21)14-3-7-20(8-4-14)16-5-9-24(22,23)12-16/h2,6,10,14,16H,3-5,7-9,11-12H2,1H3,(H,19,21)/t16-/m1/s1. The molecule has 0 bridgehead atoms. The van der Waals surface area contributed by atoms with Crippen molar-refractivity contribution in [3.63, 3.8) is 0 Å². The Hall–Kier alpha value is -1.47. The van der Waals surface area contributed by atoms with Crippen LogP contribution in [0.2, 0.25) is 0 Å². The molecule has 0 spiro atoms. The van der Waals surface area contributed by atoms with E-state index >= 15 is 0 Å². The summed E-state index contributed by atoms with van der Waals surface area (Å²) < 4.78 is 23.2. The summed E-state index contributed by atoms with van der Waals surface area (Å²) in [5.74, 6) is 0.686. The second kappa shape index (κ2) is 7.19. The van der Waals surface area contributed by atoms with Gasteiger partial charge >= 0.3 is 0 Å². The van der Waals surface area contributed by atoms with E-state index in [4.69, 9.17) is 0 Å². The molecule has 0 saturated carbocycles. The summed E-state index contributed by atoms with van der Waals surface area (Å²) >= 11 is 0. The number of rotatable bonds is 4. The fourth-order valence-electron chi connectivity index (χ4n) is 3.61. The molecule has 2 saturated heterocycles. The van der Waals surface area contributed by atoms with Gasteiger partial charge in [-0.15, -0.1) is 0 Å². The van der Waals surface area contributed by atoms with Gasteiger partial charge in [0.05, 0.1) is 23.7 Å². The van der Waals surface area contributed by atoms with Crippen LogP contribution >= 0.6 is 0 Å². The third-order valence-electron chi connectivity index (χ3n) is 5.04. The third-order valence-corrected chi connectivity index (χ3v) is 6.79. The molecule has 6 nitrogen and oxygen atoms in total. The van der Waals surface area contributed by atoms with E-state index in [1.54, 1.807) is 6.20 Å². The number of hydrogen-bond acceptors (Lipinski definition) is 5. The molecule has 0 radical (unpaired) electrons. The van der Waals surface area contributed by atoms with Gasteiger partial charge in [0.25, 0.3) is 0 Å². The number of piperidine rings is 1. The average Bonchev–Trinajstić information content (AvgIpc) is 2.93. The van der Waals surface area contributed by atoms with Crippen molar-refractivity contribution >= 4 is 15.7 Å². The summed E-state index contributed by atoms with van der Waals surface area (Å²) in [6.07, 6.45) is 4.08. The quantitative estimate of drug-likeness (QED) is 0.872. The van der Waals surface area contributed by atoms with Crippen molar-refractivity contribution in [2.45, 2.75) is 38.8 Å². The molecule has 0 aromatic carbocycles. The summed E-state index contributed by atoms with van der Waals surface area (Å²) in [6.45, 7) is 4.08. The number of nitrogens with one attached hydrogen (secondary N) is 1. The SMILES string of the molecule is Cc1ccnc(CNC(=O)C2CCN([C@@H]3CCS(=O)(=O)C3)CC2)c1. The van der Waals surface area contributed by atoms with Gasteiger partial charge in [-0.25, -0.2) is 8.42 Å². The number of aromatic nitrogens is 1. The smallest absolute Gasteiger partial charge is 0.223 e. The molecule has 0 unspecified atom stereocenters. The van der Waals surface area contributed by atoms with E-state index in [0.717, 1.165) is 43.6 Å². The van der Waals surface area contributed by atoms with E-state index in [1.165, 1.54) is 0 Å². The molecule has 3 heterocycles. The molecular weight excluding hydrogens is 326 g/mol. The van der Waals surface area contributed by atoms with E-state index in [1.807, 2.05) is 19.1 Å². The van der Waals surface area contributed by atoms with Gasteiger partial charge < -0.3 is 5.32 Å². The maximum absolute atomic E-state index is 12.3. The molecule has 0 aliphatic carbocycles. The van der Waals surface area contributed by atoms with Gasteiger partial charge in [0.1, 0.15) is 0 Å². The van der Waals surface area contributed by atoms with Crippen molar-refractivity contribution in [2.75, 3.05) is 24.6 Å². The Morgan fingerprint density at radius 1 is 1.33 bits per heavy atom. The van der Waals surface area contributed by atoms with Crippen LogP contribution in [0.4, 0.5) is 0 Å².